The number of benzene rings is 1. The summed E-state index contributed by atoms with van der Waals surface area (Å²) in [4.78, 5) is 19.7. The van der Waals surface area contributed by atoms with Crippen molar-refractivity contribution in [3.05, 3.63) is 45.7 Å². The zero-order valence-electron chi connectivity index (χ0n) is 12.8. The summed E-state index contributed by atoms with van der Waals surface area (Å²) in [7, 11) is 0. The van der Waals surface area contributed by atoms with Crippen molar-refractivity contribution in [2.75, 3.05) is 5.43 Å². The van der Waals surface area contributed by atoms with Crippen molar-refractivity contribution in [3.63, 3.8) is 0 Å². The first-order valence-electron chi connectivity index (χ1n) is 6.72. The number of halogens is 1. The van der Waals surface area contributed by atoms with Gasteiger partial charge in [0.2, 0.25) is 5.82 Å². The van der Waals surface area contributed by atoms with Crippen LogP contribution in [0.1, 0.15) is 20.8 Å². The average molecular weight is 354 g/mol. The van der Waals surface area contributed by atoms with Crippen LogP contribution in [0.3, 0.4) is 0 Å². The van der Waals surface area contributed by atoms with E-state index in [0.29, 0.717) is 5.02 Å². The molecule has 0 bridgehead atoms. The highest BCUT2D eigenvalue weighted by molar-refractivity contribution is 7.99. The predicted octanol–water partition coefficient (Wildman–Crippen LogP) is 3.90. The van der Waals surface area contributed by atoms with Crippen LogP contribution in [0.5, 0.6) is 0 Å². The normalized spacial score (nSPS) is 11.3. The van der Waals surface area contributed by atoms with Crippen molar-refractivity contribution in [1.82, 2.24) is 15.4 Å². The lowest BCUT2D eigenvalue weighted by atomic mass is 10.1. The number of nitrogens with zero attached hydrogens (tertiary/aromatic N) is 3. The van der Waals surface area contributed by atoms with Gasteiger partial charge in [-0.25, -0.2) is 15.4 Å². The van der Waals surface area contributed by atoms with Gasteiger partial charge in [-0.05, 0) is 45.0 Å². The molecule has 0 atom stereocenters. The number of nitro groups is 1. The van der Waals surface area contributed by atoms with Gasteiger partial charge in [0.15, 0.2) is 5.03 Å². The fourth-order valence-electron chi connectivity index (χ4n) is 1.55. The maximum atomic E-state index is 11.4. The summed E-state index contributed by atoms with van der Waals surface area (Å²) in [6, 6.07) is 6.99. The van der Waals surface area contributed by atoms with Crippen molar-refractivity contribution in [1.29, 1.82) is 0 Å². The highest BCUT2D eigenvalue weighted by Gasteiger charge is 2.24. The molecule has 0 fully saturated rings. The van der Waals surface area contributed by atoms with Gasteiger partial charge in [-0.2, -0.15) is 0 Å². The molecule has 0 spiro atoms. The fraction of sp³-hybridized carbons (Fsp3) is 0.286. The lowest BCUT2D eigenvalue weighted by Gasteiger charge is -2.21. The molecule has 9 heteroatoms. The number of aromatic nitrogens is 2. The molecule has 0 unspecified atom stereocenters. The number of nitrogens with one attached hydrogen (secondary N) is 2. The molecule has 0 amide bonds. The van der Waals surface area contributed by atoms with Crippen molar-refractivity contribution < 1.29 is 4.92 Å². The van der Waals surface area contributed by atoms with E-state index < -0.39 is 4.92 Å². The zero-order chi connectivity index (χ0) is 17.0. The first-order chi connectivity index (χ1) is 10.8. The average Bonchev–Trinajstić information content (AvgIpc) is 2.46. The molecule has 0 aliphatic heterocycles. The molecule has 1 heterocycles. The van der Waals surface area contributed by atoms with E-state index in [4.69, 9.17) is 11.6 Å². The molecule has 0 saturated heterocycles. The molecule has 0 radical (unpaired) electrons. The topological polar surface area (TPSA) is 93.0 Å². The second-order valence-corrected chi connectivity index (χ2v) is 7.19. The van der Waals surface area contributed by atoms with E-state index in [1.165, 1.54) is 18.1 Å². The second kappa shape index (κ2) is 7.12. The van der Waals surface area contributed by atoms with Gasteiger partial charge in [-0.15, -0.1) is 0 Å². The van der Waals surface area contributed by atoms with E-state index in [1.807, 2.05) is 20.8 Å². The Morgan fingerprint density at radius 2 is 1.87 bits per heavy atom. The Hall–Kier alpha value is -1.90. The van der Waals surface area contributed by atoms with Crippen LogP contribution in [0, 0.1) is 10.1 Å². The lowest BCUT2D eigenvalue weighted by Crippen LogP contribution is -2.40. The zero-order valence-corrected chi connectivity index (χ0v) is 14.4. The summed E-state index contributed by atoms with van der Waals surface area (Å²) in [6.07, 6.45) is 1.29. The van der Waals surface area contributed by atoms with E-state index in [0.717, 1.165) is 4.90 Å². The van der Waals surface area contributed by atoms with E-state index in [-0.39, 0.29) is 22.1 Å². The van der Waals surface area contributed by atoms with Crippen molar-refractivity contribution in [2.45, 2.75) is 36.2 Å². The summed E-state index contributed by atoms with van der Waals surface area (Å²) < 4.78 is 0. The summed E-state index contributed by atoms with van der Waals surface area (Å²) >= 11 is 7.02. The van der Waals surface area contributed by atoms with Crippen LogP contribution in [0.15, 0.2) is 40.5 Å². The first kappa shape index (κ1) is 17.5. The highest BCUT2D eigenvalue weighted by Crippen LogP contribution is 2.36. The van der Waals surface area contributed by atoms with E-state index >= 15 is 0 Å². The molecule has 0 saturated carbocycles. The van der Waals surface area contributed by atoms with Gasteiger partial charge in [0.25, 0.3) is 0 Å². The van der Waals surface area contributed by atoms with Crippen LogP contribution in [-0.4, -0.2) is 20.4 Å². The maximum absolute atomic E-state index is 11.4. The van der Waals surface area contributed by atoms with Crippen molar-refractivity contribution in [3.8, 4) is 0 Å². The first-order valence-corrected chi connectivity index (χ1v) is 7.92. The predicted molar refractivity (Wildman–Crippen MR) is 90.8 cm³/mol. The molecule has 1 aromatic heterocycles. The van der Waals surface area contributed by atoms with Gasteiger partial charge in [0, 0.05) is 15.5 Å². The quantitative estimate of drug-likeness (QED) is 0.478. The molecular formula is C14H16ClN5O2S. The van der Waals surface area contributed by atoms with Gasteiger partial charge in [0.1, 0.15) is 6.33 Å². The van der Waals surface area contributed by atoms with Gasteiger partial charge < -0.3 is 0 Å². The van der Waals surface area contributed by atoms with E-state index in [2.05, 4.69) is 20.8 Å². The monoisotopic (exact) mass is 353 g/mol. The largest absolute Gasteiger partial charge is 0.344 e. The molecule has 2 N–H and O–H groups in total. The Kier molecular flexibility index (Phi) is 5.40. The second-order valence-electron chi connectivity index (χ2n) is 5.69. The molecule has 2 aromatic rings. The summed E-state index contributed by atoms with van der Waals surface area (Å²) in [5, 5.41) is 12.3. The number of rotatable bonds is 5. The van der Waals surface area contributed by atoms with Crippen LogP contribution in [0.25, 0.3) is 0 Å². The SMILES string of the molecule is CC(C)(C)NNc1ncnc(Sc2ccc(Cl)cc2)c1[N+](=O)[O-]. The van der Waals surface area contributed by atoms with E-state index in [9.17, 15) is 10.1 Å². The van der Waals surface area contributed by atoms with Crippen LogP contribution in [0.2, 0.25) is 5.02 Å². The van der Waals surface area contributed by atoms with Gasteiger partial charge in [-0.1, -0.05) is 23.4 Å². The fourth-order valence-corrected chi connectivity index (χ4v) is 2.54. The van der Waals surface area contributed by atoms with Gasteiger partial charge in [-0.3, -0.25) is 15.5 Å². The van der Waals surface area contributed by atoms with E-state index in [1.54, 1.807) is 24.3 Å². The molecule has 0 aliphatic rings. The maximum Gasteiger partial charge on any atom is 0.344 e. The minimum absolute atomic E-state index is 0.122. The Bertz CT molecular complexity index is 703. The number of hydrogen-bond donors (Lipinski definition) is 2. The standard InChI is InChI=1S/C14H16ClN5O2S/c1-14(2,3)19-18-12-11(20(21)22)13(17-8-16-12)23-10-6-4-9(15)5-7-10/h4-8,19H,1-3H3,(H,16,17,18). The number of hydrogen-bond acceptors (Lipinski definition) is 7. The Labute approximate surface area is 143 Å². The van der Waals surface area contributed by atoms with Crippen molar-refractivity contribution >= 4 is 34.9 Å². The lowest BCUT2D eigenvalue weighted by molar-refractivity contribution is -0.387. The molecular weight excluding hydrogens is 338 g/mol. The number of anilines is 1. The van der Waals surface area contributed by atoms with Crippen LogP contribution < -0.4 is 10.9 Å². The van der Waals surface area contributed by atoms with Crippen LogP contribution in [-0.2, 0) is 0 Å². The minimum atomic E-state index is -0.495. The molecule has 0 aliphatic carbocycles. The summed E-state index contributed by atoms with van der Waals surface area (Å²) in [5.74, 6) is 0.122. The Morgan fingerprint density at radius 3 is 2.43 bits per heavy atom. The van der Waals surface area contributed by atoms with Crippen molar-refractivity contribution in [2.24, 2.45) is 0 Å². The van der Waals surface area contributed by atoms with Crippen LogP contribution >= 0.6 is 23.4 Å². The Balaban J connectivity index is 2.32. The Morgan fingerprint density at radius 1 is 1.22 bits per heavy atom. The smallest absolute Gasteiger partial charge is 0.299 e. The van der Waals surface area contributed by atoms with Gasteiger partial charge in [0.05, 0.1) is 4.92 Å². The molecule has 7 nitrogen and oxygen atoms in total. The third kappa shape index (κ3) is 5.05. The molecule has 2 rings (SSSR count). The summed E-state index contributed by atoms with van der Waals surface area (Å²) in [5.41, 5.74) is 5.30. The molecule has 23 heavy (non-hydrogen) atoms. The third-order valence-electron chi connectivity index (χ3n) is 2.56. The molecule has 1 aromatic carbocycles. The third-order valence-corrected chi connectivity index (χ3v) is 3.81. The highest BCUT2D eigenvalue weighted by atomic mass is 35.5. The molecule has 122 valence electrons. The minimum Gasteiger partial charge on any atom is -0.299 e. The number of hydrazine groups is 1. The van der Waals surface area contributed by atoms with Crippen LogP contribution in [0.4, 0.5) is 11.5 Å². The van der Waals surface area contributed by atoms with Gasteiger partial charge >= 0.3 is 5.69 Å². The summed E-state index contributed by atoms with van der Waals surface area (Å²) in [6.45, 7) is 5.78.